The van der Waals surface area contributed by atoms with Gasteiger partial charge < -0.3 is 24.6 Å². The van der Waals surface area contributed by atoms with Crippen LogP contribution in [0.1, 0.15) is 79.7 Å². The SMILES string of the molecule is CCC(=O)N(CC(C)[C@@H]1CC[C@@H](C)[C@@]2(O)[C@@H]1C=C(C)[C@@H](OC(C)=O)[C@@H]2OC(=O)[C@@H]1C[C@@]2(O)c3cccc(Cl)c3N(C)O[C@H]2N1)C(C)C. The summed E-state index contributed by atoms with van der Waals surface area (Å²) in [4.78, 5) is 47.0. The minimum atomic E-state index is -1.58. The van der Waals surface area contributed by atoms with Gasteiger partial charge in [-0.25, -0.2) is 0 Å². The van der Waals surface area contributed by atoms with E-state index in [1.807, 2.05) is 45.6 Å². The van der Waals surface area contributed by atoms with E-state index >= 15 is 0 Å². The normalized spacial score (nSPS) is 35.3. The quantitative estimate of drug-likeness (QED) is 0.273. The number of para-hydroxylation sites is 1. The molecular weight excluding hydrogens is 626 g/mol. The van der Waals surface area contributed by atoms with Crippen molar-refractivity contribution in [3.8, 4) is 0 Å². The number of esters is 2. The van der Waals surface area contributed by atoms with Crippen LogP contribution >= 0.6 is 11.6 Å². The second-order valence-electron chi connectivity index (χ2n) is 14.3. The van der Waals surface area contributed by atoms with Crippen molar-refractivity contribution in [3.05, 3.63) is 40.4 Å². The highest BCUT2D eigenvalue weighted by Gasteiger charge is 2.62. The number of hydrogen-bond donors (Lipinski definition) is 3. The van der Waals surface area contributed by atoms with E-state index in [2.05, 4.69) is 12.2 Å². The van der Waals surface area contributed by atoms with Crippen molar-refractivity contribution in [3.63, 3.8) is 0 Å². The summed E-state index contributed by atoms with van der Waals surface area (Å²) in [6, 6.07) is 4.22. The zero-order valence-corrected chi connectivity index (χ0v) is 29.4. The minimum Gasteiger partial charge on any atom is -0.454 e. The zero-order chi connectivity index (χ0) is 34.6. The second kappa shape index (κ2) is 13.3. The summed E-state index contributed by atoms with van der Waals surface area (Å²) in [6.07, 6.45) is 0.621. The van der Waals surface area contributed by atoms with Crippen LogP contribution in [0.4, 0.5) is 5.69 Å². The van der Waals surface area contributed by atoms with Crippen molar-refractivity contribution in [2.45, 2.75) is 116 Å². The number of carbonyl (C=O) groups is 3. The summed E-state index contributed by atoms with van der Waals surface area (Å²) in [5.41, 5.74) is -1.43. The number of amides is 1. The van der Waals surface area contributed by atoms with Crippen molar-refractivity contribution in [1.82, 2.24) is 10.2 Å². The smallest absolute Gasteiger partial charge is 0.323 e. The number of rotatable bonds is 8. The Labute approximate surface area is 282 Å². The molecule has 10 atom stereocenters. The van der Waals surface area contributed by atoms with Crippen LogP contribution in [-0.4, -0.2) is 82.7 Å². The highest BCUT2D eigenvalue weighted by Crippen LogP contribution is 2.53. The van der Waals surface area contributed by atoms with Crippen LogP contribution < -0.4 is 10.4 Å². The molecule has 2 aliphatic carbocycles. The zero-order valence-electron chi connectivity index (χ0n) is 28.7. The first kappa shape index (κ1) is 35.6. The third-order valence-electron chi connectivity index (χ3n) is 11.0. The number of ether oxygens (including phenoxy) is 2. The fourth-order valence-electron chi connectivity index (χ4n) is 8.41. The van der Waals surface area contributed by atoms with Gasteiger partial charge in [-0.1, -0.05) is 50.6 Å². The van der Waals surface area contributed by atoms with E-state index in [4.69, 9.17) is 25.9 Å². The van der Waals surface area contributed by atoms with E-state index in [1.165, 1.54) is 12.0 Å². The molecule has 1 unspecified atom stereocenters. The predicted octanol–water partition coefficient (Wildman–Crippen LogP) is 4.08. The first-order valence-electron chi connectivity index (χ1n) is 16.8. The van der Waals surface area contributed by atoms with Crippen LogP contribution in [0.25, 0.3) is 0 Å². The van der Waals surface area contributed by atoms with Crippen molar-refractivity contribution >= 4 is 35.1 Å². The molecule has 0 spiro atoms. The lowest BCUT2D eigenvalue weighted by atomic mass is 9.55. The van der Waals surface area contributed by atoms with Gasteiger partial charge in [0.05, 0.1) is 10.7 Å². The molecule has 11 nitrogen and oxygen atoms in total. The van der Waals surface area contributed by atoms with Gasteiger partial charge in [-0.15, -0.1) is 0 Å². The van der Waals surface area contributed by atoms with Crippen molar-refractivity contribution < 1.29 is 38.9 Å². The minimum absolute atomic E-state index is 0.0255. The third-order valence-corrected chi connectivity index (χ3v) is 11.3. The maximum Gasteiger partial charge on any atom is 0.323 e. The Morgan fingerprint density at radius 3 is 2.53 bits per heavy atom. The molecule has 5 rings (SSSR count). The van der Waals surface area contributed by atoms with Crippen LogP contribution in [-0.2, 0) is 34.3 Å². The van der Waals surface area contributed by atoms with E-state index in [0.717, 1.165) is 6.42 Å². The molecule has 1 amide bonds. The number of benzene rings is 1. The van der Waals surface area contributed by atoms with Gasteiger partial charge in [0.15, 0.2) is 18.4 Å². The van der Waals surface area contributed by atoms with Gasteiger partial charge in [-0.2, -0.15) is 0 Å². The van der Waals surface area contributed by atoms with Crippen molar-refractivity contribution in [2.75, 3.05) is 18.7 Å². The van der Waals surface area contributed by atoms with Gasteiger partial charge in [0, 0.05) is 50.9 Å². The highest BCUT2D eigenvalue weighted by atomic mass is 35.5. The topological polar surface area (TPSA) is 138 Å². The van der Waals surface area contributed by atoms with E-state index in [-0.39, 0.29) is 36.1 Å². The maximum absolute atomic E-state index is 14.1. The molecule has 0 bridgehead atoms. The lowest BCUT2D eigenvalue weighted by Gasteiger charge is -2.56. The van der Waals surface area contributed by atoms with E-state index in [1.54, 1.807) is 25.2 Å². The molecule has 1 saturated heterocycles. The van der Waals surface area contributed by atoms with Crippen LogP contribution in [0.15, 0.2) is 29.8 Å². The van der Waals surface area contributed by atoms with Gasteiger partial charge in [-0.05, 0) is 63.0 Å². The third kappa shape index (κ3) is 6.18. The lowest BCUT2D eigenvalue weighted by Crippen LogP contribution is -2.66. The molecule has 1 saturated carbocycles. The van der Waals surface area contributed by atoms with Gasteiger partial charge in [-0.3, -0.25) is 29.6 Å². The number of hydrogen-bond acceptors (Lipinski definition) is 10. The highest BCUT2D eigenvalue weighted by molar-refractivity contribution is 6.33. The molecule has 3 N–H and O–H groups in total. The first-order valence-corrected chi connectivity index (χ1v) is 17.2. The van der Waals surface area contributed by atoms with E-state index in [9.17, 15) is 24.6 Å². The number of anilines is 1. The van der Waals surface area contributed by atoms with E-state index in [0.29, 0.717) is 41.2 Å². The average molecular weight is 676 g/mol. The molecular formula is C35H50ClN3O8. The summed E-state index contributed by atoms with van der Waals surface area (Å²) in [5, 5.41) is 29.6. The number of carbonyl (C=O) groups excluding carboxylic acids is 3. The molecule has 1 aromatic rings. The molecule has 2 aliphatic heterocycles. The summed E-state index contributed by atoms with van der Waals surface area (Å²) < 4.78 is 12.0. The summed E-state index contributed by atoms with van der Waals surface area (Å²) in [5.74, 6) is -1.92. The predicted molar refractivity (Wildman–Crippen MR) is 176 cm³/mol. The Morgan fingerprint density at radius 1 is 1.19 bits per heavy atom. The fraction of sp³-hybridized carbons (Fsp3) is 0.686. The number of fused-ring (bicyclic) bond motifs is 4. The molecule has 1 aromatic carbocycles. The number of halogens is 1. The second-order valence-corrected chi connectivity index (χ2v) is 14.7. The maximum atomic E-state index is 14.1. The van der Waals surface area contributed by atoms with E-state index < -0.39 is 53.5 Å². The molecule has 260 valence electrons. The summed E-state index contributed by atoms with van der Waals surface area (Å²) in [6.45, 7) is 13.6. The largest absolute Gasteiger partial charge is 0.454 e. The van der Waals surface area contributed by atoms with Crippen LogP contribution in [0.5, 0.6) is 0 Å². The monoisotopic (exact) mass is 675 g/mol. The molecule has 47 heavy (non-hydrogen) atoms. The standard InChI is InChI=1S/C35H50ClN3O8/c1-9-28(41)39(18(2)3)17-20(5)23-14-13-21(6)35(44)25(23)15-19(4)30(45-22(7)40)31(35)46-32(42)27-16-34(43)24-11-10-12-26(36)29(24)38(8)47-33(34)37-27/h10-12,15,18,20-21,23,25,27,30-31,33,37,43-44H,9,13-14,16-17H2,1-8H3/t20?,21-,23+,25-,27+,30-,31+,33-,34-,35-/m1/s1. The molecule has 0 radical (unpaired) electrons. The Morgan fingerprint density at radius 2 is 1.89 bits per heavy atom. The van der Waals surface area contributed by atoms with Gasteiger partial charge in [0.2, 0.25) is 5.91 Å². The summed E-state index contributed by atoms with van der Waals surface area (Å²) in [7, 11) is 1.68. The first-order chi connectivity index (χ1) is 22.0. The Bertz CT molecular complexity index is 1420. The summed E-state index contributed by atoms with van der Waals surface area (Å²) >= 11 is 6.44. The molecule has 4 aliphatic rings. The fourth-order valence-corrected chi connectivity index (χ4v) is 8.70. The molecule has 0 aromatic heterocycles. The number of hydroxylamine groups is 1. The van der Waals surface area contributed by atoms with Gasteiger partial charge in [0.1, 0.15) is 17.2 Å². The molecule has 2 heterocycles. The van der Waals surface area contributed by atoms with Crippen LogP contribution in [0, 0.1) is 23.7 Å². The number of aliphatic hydroxyl groups is 2. The van der Waals surface area contributed by atoms with Crippen LogP contribution in [0.3, 0.4) is 0 Å². The Kier molecular flexibility index (Phi) is 10.1. The van der Waals surface area contributed by atoms with Gasteiger partial charge in [0.25, 0.3) is 0 Å². The lowest BCUT2D eigenvalue weighted by molar-refractivity contribution is -0.225. The van der Waals surface area contributed by atoms with Gasteiger partial charge >= 0.3 is 11.9 Å². The molecule has 12 heteroatoms. The van der Waals surface area contributed by atoms with Crippen molar-refractivity contribution in [1.29, 1.82) is 0 Å². The number of nitrogens with one attached hydrogen (secondary N) is 1. The number of nitrogens with zero attached hydrogens (tertiary/aromatic N) is 2. The molecule has 2 fully saturated rings. The Balaban J connectivity index is 1.45. The van der Waals surface area contributed by atoms with Crippen LogP contribution in [0.2, 0.25) is 5.02 Å². The Hall–Kier alpha value is -2.70. The average Bonchev–Trinajstić information content (AvgIpc) is 3.36. The van der Waals surface area contributed by atoms with Crippen molar-refractivity contribution in [2.24, 2.45) is 23.7 Å².